The number of hydrogen-bond acceptors (Lipinski definition) is 3. The van der Waals surface area contributed by atoms with Gasteiger partial charge in [0, 0.05) is 35.7 Å². The van der Waals surface area contributed by atoms with Crippen molar-refractivity contribution in [2.45, 2.75) is 6.42 Å². The number of benzene rings is 2. The zero-order chi connectivity index (χ0) is 18.2. The first-order valence-corrected chi connectivity index (χ1v) is 8.99. The molecule has 27 heavy (non-hydrogen) atoms. The molecule has 0 bridgehead atoms. The van der Waals surface area contributed by atoms with Gasteiger partial charge in [0.05, 0.1) is 11.3 Å². The van der Waals surface area contributed by atoms with Gasteiger partial charge in [-0.15, -0.1) is 0 Å². The van der Waals surface area contributed by atoms with E-state index in [1.165, 1.54) is 0 Å². The van der Waals surface area contributed by atoms with Crippen LogP contribution in [0.2, 0.25) is 0 Å². The monoisotopic (exact) mass is 354 g/mol. The SMILES string of the molecule is O=c1[nH]nc(-c2ccc(N3C=CCC3)cc2)cc1-c1ccc2[nH]ccc2c1. The minimum atomic E-state index is -0.188. The molecule has 5 rings (SSSR count). The molecule has 2 aromatic carbocycles. The predicted octanol–water partition coefficient (Wildman–Crippen LogP) is 4.31. The summed E-state index contributed by atoms with van der Waals surface area (Å²) in [7, 11) is 0. The van der Waals surface area contributed by atoms with Crippen LogP contribution in [-0.2, 0) is 0 Å². The summed E-state index contributed by atoms with van der Waals surface area (Å²) in [5, 5.41) is 7.96. The average molecular weight is 354 g/mol. The lowest BCUT2D eigenvalue weighted by Crippen LogP contribution is -2.12. The molecule has 2 N–H and O–H groups in total. The predicted molar refractivity (Wildman–Crippen MR) is 109 cm³/mol. The largest absolute Gasteiger partial charge is 0.361 e. The van der Waals surface area contributed by atoms with Crippen LogP contribution >= 0.6 is 0 Å². The summed E-state index contributed by atoms with van der Waals surface area (Å²) in [6.45, 7) is 1.02. The maximum atomic E-state index is 12.4. The Bertz CT molecular complexity index is 1200. The summed E-state index contributed by atoms with van der Waals surface area (Å²) in [5.41, 5.74) is 5.25. The third-order valence-electron chi connectivity index (χ3n) is 4.98. The molecular weight excluding hydrogens is 336 g/mol. The number of hydrogen-bond donors (Lipinski definition) is 2. The van der Waals surface area contributed by atoms with E-state index in [0.717, 1.165) is 46.4 Å². The highest BCUT2D eigenvalue weighted by Crippen LogP contribution is 2.26. The second kappa shape index (κ2) is 6.29. The van der Waals surface area contributed by atoms with E-state index in [-0.39, 0.29) is 5.56 Å². The Balaban J connectivity index is 1.53. The molecule has 132 valence electrons. The molecule has 0 spiro atoms. The summed E-state index contributed by atoms with van der Waals surface area (Å²) < 4.78 is 0. The molecule has 0 unspecified atom stereocenters. The van der Waals surface area contributed by atoms with E-state index >= 15 is 0 Å². The normalized spacial score (nSPS) is 13.6. The Morgan fingerprint density at radius 3 is 2.63 bits per heavy atom. The lowest BCUT2D eigenvalue weighted by atomic mass is 10.0. The zero-order valence-electron chi connectivity index (χ0n) is 14.6. The van der Waals surface area contributed by atoms with Crippen molar-refractivity contribution in [1.29, 1.82) is 0 Å². The highest BCUT2D eigenvalue weighted by Gasteiger charge is 2.11. The molecule has 1 aliphatic rings. The minimum absolute atomic E-state index is 0.188. The van der Waals surface area contributed by atoms with Crippen LogP contribution in [0.5, 0.6) is 0 Å². The zero-order valence-corrected chi connectivity index (χ0v) is 14.6. The molecule has 3 heterocycles. The minimum Gasteiger partial charge on any atom is -0.361 e. The van der Waals surface area contributed by atoms with Gasteiger partial charge >= 0.3 is 0 Å². The molecular formula is C22H18N4O. The Morgan fingerprint density at radius 2 is 1.81 bits per heavy atom. The average Bonchev–Trinajstić information content (AvgIpc) is 3.40. The van der Waals surface area contributed by atoms with Gasteiger partial charge in [-0.05, 0) is 53.8 Å². The maximum Gasteiger partial charge on any atom is 0.272 e. The third kappa shape index (κ3) is 2.83. The summed E-state index contributed by atoms with van der Waals surface area (Å²) in [6.07, 6.45) is 7.26. The van der Waals surface area contributed by atoms with Gasteiger partial charge in [-0.2, -0.15) is 5.10 Å². The number of fused-ring (bicyclic) bond motifs is 1. The molecule has 5 nitrogen and oxygen atoms in total. The lowest BCUT2D eigenvalue weighted by molar-refractivity contribution is 0.994. The van der Waals surface area contributed by atoms with Crippen molar-refractivity contribution in [1.82, 2.24) is 15.2 Å². The fourth-order valence-corrected chi connectivity index (χ4v) is 3.52. The van der Waals surface area contributed by atoms with Crippen molar-refractivity contribution in [3.63, 3.8) is 0 Å². The molecule has 0 radical (unpaired) electrons. The molecule has 4 aromatic rings. The van der Waals surface area contributed by atoms with E-state index in [1.54, 1.807) is 0 Å². The standard InChI is InChI=1S/C22H18N4O/c27-22-19(16-5-8-20-17(13-16)9-10-23-20)14-21(24-25-22)15-3-6-18(7-4-15)26-11-1-2-12-26/h1,3-11,13-14,23H,2,12H2,(H,25,27). The van der Waals surface area contributed by atoms with Gasteiger partial charge < -0.3 is 9.88 Å². The van der Waals surface area contributed by atoms with Crippen LogP contribution in [0.25, 0.3) is 33.3 Å². The van der Waals surface area contributed by atoms with Crippen molar-refractivity contribution in [2.24, 2.45) is 0 Å². The first kappa shape index (κ1) is 15.6. The summed E-state index contributed by atoms with van der Waals surface area (Å²) in [6, 6.07) is 18.1. The molecule has 2 aromatic heterocycles. The van der Waals surface area contributed by atoms with Crippen molar-refractivity contribution in [2.75, 3.05) is 11.4 Å². The van der Waals surface area contributed by atoms with E-state index in [4.69, 9.17) is 0 Å². The van der Waals surface area contributed by atoms with Gasteiger partial charge in [0.15, 0.2) is 0 Å². The highest BCUT2D eigenvalue weighted by atomic mass is 16.1. The first-order valence-electron chi connectivity index (χ1n) is 8.99. The summed E-state index contributed by atoms with van der Waals surface area (Å²) in [4.78, 5) is 17.8. The molecule has 0 saturated heterocycles. The van der Waals surface area contributed by atoms with Gasteiger partial charge in [-0.3, -0.25) is 4.79 Å². The Kier molecular flexibility index (Phi) is 3.64. The second-order valence-electron chi connectivity index (χ2n) is 6.69. The van der Waals surface area contributed by atoms with Crippen LogP contribution in [-0.4, -0.2) is 21.7 Å². The molecule has 0 aliphatic carbocycles. The number of anilines is 1. The van der Waals surface area contributed by atoms with Gasteiger partial charge in [0.1, 0.15) is 0 Å². The van der Waals surface area contributed by atoms with Gasteiger partial charge in [-0.1, -0.05) is 24.3 Å². The van der Waals surface area contributed by atoms with Crippen LogP contribution in [0.1, 0.15) is 6.42 Å². The fraction of sp³-hybridized carbons (Fsp3) is 0.0909. The van der Waals surface area contributed by atoms with E-state index < -0.39 is 0 Å². The number of rotatable bonds is 3. The third-order valence-corrected chi connectivity index (χ3v) is 4.98. The highest BCUT2D eigenvalue weighted by molar-refractivity contribution is 5.85. The number of aromatic amines is 2. The van der Waals surface area contributed by atoms with Crippen LogP contribution in [0.15, 0.2) is 77.9 Å². The fourth-order valence-electron chi connectivity index (χ4n) is 3.52. The smallest absolute Gasteiger partial charge is 0.272 e. The Labute approximate surface area is 156 Å². The molecule has 0 amide bonds. The number of aromatic nitrogens is 3. The molecule has 5 heteroatoms. The van der Waals surface area contributed by atoms with Gasteiger partial charge in [0.2, 0.25) is 0 Å². The Hall–Kier alpha value is -3.60. The van der Waals surface area contributed by atoms with Gasteiger partial charge in [0.25, 0.3) is 5.56 Å². The number of nitrogens with zero attached hydrogens (tertiary/aromatic N) is 2. The van der Waals surface area contributed by atoms with Gasteiger partial charge in [-0.25, -0.2) is 5.10 Å². The summed E-state index contributed by atoms with van der Waals surface area (Å²) in [5.74, 6) is 0. The topological polar surface area (TPSA) is 64.8 Å². The van der Waals surface area contributed by atoms with Crippen LogP contribution in [0.3, 0.4) is 0 Å². The lowest BCUT2D eigenvalue weighted by Gasteiger charge is -2.15. The Morgan fingerprint density at radius 1 is 0.963 bits per heavy atom. The van der Waals surface area contributed by atoms with E-state index in [9.17, 15) is 4.79 Å². The van der Waals surface area contributed by atoms with Crippen molar-refractivity contribution in [3.8, 4) is 22.4 Å². The molecule has 0 fully saturated rings. The van der Waals surface area contributed by atoms with Crippen molar-refractivity contribution < 1.29 is 0 Å². The maximum absolute atomic E-state index is 12.4. The summed E-state index contributed by atoms with van der Waals surface area (Å²) >= 11 is 0. The van der Waals surface area contributed by atoms with E-state index in [0.29, 0.717) is 5.56 Å². The van der Waals surface area contributed by atoms with Crippen molar-refractivity contribution >= 4 is 16.6 Å². The van der Waals surface area contributed by atoms with Crippen LogP contribution < -0.4 is 10.5 Å². The molecule has 1 aliphatic heterocycles. The quantitative estimate of drug-likeness (QED) is 0.576. The first-order chi connectivity index (χ1) is 13.3. The van der Waals surface area contributed by atoms with E-state index in [2.05, 4.69) is 44.5 Å². The number of nitrogens with one attached hydrogen (secondary N) is 2. The van der Waals surface area contributed by atoms with E-state index in [1.807, 2.05) is 48.7 Å². The van der Waals surface area contributed by atoms with Crippen LogP contribution in [0.4, 0.5) is 5.69 Å². The molecule has 0 atom stereocenters. The second-order valence-corrected chi connectivity index (χ2v) is 6.69. The number of H-pyrrole nitrogens is 2. The molecule has 0 saturated carbocycles. The van der Waals surface area contributed by atoms with Crippen LogP contribution in [0, 0.1) is 0 Å². The van der Waals surface area contributed by atoms with Crippen molar-refractivity contribution in [3.05, 3.63) is 83.4 Å².